The molecule has 0 saturated heterocycles. The van der Waals surface area contributed by atoms with Crippen molar-refractivity contribution in [1.29, 1.82) is 0 Å². The number of unbranched alkanes of at least 4 members (excludes halogenated alkanes) is 2. The molecule has 1 N–H and O–H groups in total. The summed E-state index contributed by atoms with van der Waals surface area (Å²) >= 11 is 0. The number of aryl methyl sites for hydroxylation is 3. The number of imidazole rings is 1. The van der Waals surface area contributed by atoms with Gasteiger partial charge in [0.05, 0.1) is 11.0 Å². The molecule has 4 aromatic rings. The lowest BCUT2D eigenvalue weighted by Crippen LogP contribution is -2.24. The highest BCUT2D eigenvalue weighted by Gasteiger charge is 2.12. The fraction of sp³-hybridized carbons (Fsp3) is 0.286. The summed E-state index contributed by atoms with van der Waals surface area (Å²) in [5.74, 6) is 0.605. The molecule has 0 bridgehead atoms. The molecule has 4 nitrogen and oxygen atoms in total. The molecule has 1 heterocycles. The van der Waals surface area contributed by atoms with Gasteiger partial charge in [0.15, 0.2) is 0 Å². The van der Waals surface area contributed by atoms with Crippen LogP contribution in [0.15, 0.2) is 66.7 Å². The number of hydrogen-bond acceptors (Lipinski definition) is 2. The van der Waals surface area contributed by atoms with E-state index in [1.807, 2.05) is 6.07 Å². The number of hydrogen-bond donors (Lipinski definition) is 1. The van der Waals surface area contributed by atoms with Crippen molar-refractivity contribution < 1.29 is 9.18 Å². The molecule has 0 aliphatic heterocycles. The molecular weight excluding hydrogens is 413 g/mol. The quantitative estimate of drug-likeness (QED) is 0.323. The van der Waals surface area contributed by atoms with Crippen LogP contribution in [0.2, 0.25) is 0 Å². The normalized spacial score (nSPS) is 11.1. The molecule has 0 radical (unpaired) electrons. The summed E-state index contributed by atoms with van der Waals surface area (Å²) in [5, 5.41) is 2.91. The molecule has 0 fully saturated rings. The van der Waals surface area contributed by atoms with Crippen LogP contribution in [0.25, 0.3) is 11.0 Å². The molecule has 4 rings (SSSR count). The summed E-state index contributed by atoms with van der Waals surface area (Å²) in [6.07, 6.45) is 3.79. The van der Waals surface area contributed by atoms with Crippen LogP contribution in [-0.4, -0.2) is 22.0 Å². The highest BCUT2D eigenvalue weighted by atomic mass is 19.1. The summed E-state index contributed by atoms with van der Waals surface area (Å²) in [6, 6.07) is 20.5. The fourth-order valence-corrected chi connectivity index (χ4v) is 4.12. The molecule has 0 aliphatic carbocycles. The van der Waals surface area contributed by atoms with Crippen LogP contribution in [0.5, 0.6) is 0 Å². The summed E-state index contributed by atoms with van der Waals surface area (Å²) in [6.45, 7) is 5.71. The Morgan fingerprint density at radius 2 is 1.76 bits per heavy atom. The summed E-state index contributed by atoms with van der Waals surface area (Å²) in [4.78, 5) is 17.0. The van der Waals surface area contributed by atoms with Crippen LogP contribution in [0, 0.1) is 19.7 Å². The molecule has 3 aromatic carbocycles. The van der Waals surface area contributed by atoms with Crippen LogP contribution >= 0.6 is 0 Å². The van der Waals surface area contributed by atoms with Crippen LogP contribution in [-0.2, 0) is 13.0 Å². The van der Waals surface area contributed by atoms with Crippen LogP contribution in [0.3, 0.4) is 0 Å². The number of fused-ring (bicyclic) bond motifs is 1. The summed E-state index contributed by atoms with van der Waals surface area (Å²) in [7, 11) is 0. The Hall–Kier alpha value is -3.47. The van der Waals surface area contributed by atoms with Crippen LogP contribution in [0.4, 0.5) is 4.39 Å². The van der Waals surface area contributed by atoms with E-state index in [0.29, 0.717) is 12.1 Å². The van der Waals surface area contributed by atoms with Gasteiger partial charge in [-0.05, 0) is 74.2 Å². The van der Waals surface area contributed by atoms with Crippen molar-refractivity contribution in [3.63, 3.8) is 0 Å². The SMILES string of the molecule is Cc1ccc(C)c(Cn2c(CCCCCNC(=O)c3ccc(F)cc3)nc3ccccc32)c1. The molecule has 33 heavy (non-hydrogen) atoms. The lowest BCUT2D eigenvalue weighted by atomic mass is 10.1. The Kier molecular flexibility index (Phi) is 7.18. The Bertz CT molecular complexity index is 1240. The Labute approximate surface area is 194 Å². The Balaban J connectivity index is 1.35. The van der Waals surface area contributed by atoms with E-state index in [1.165, 1.54) is 46.5 Å². The number of halogens is 1. The molecule has 5 heteroatoms. The number of aromatic nitrogens is 2. The number of para-hydroxylation sites is 2. The van der Waals surface area contributed by atoms with E-state index in [9.17, 15) is 9.18 Å². The number of carbonyl (C=O) groups excluding carboxylic acids is 1. The number of amides is 1. The summed E-state index contributed by atoms with van der Waals surface area (Å²) < 4.78 is 15.3. The first-order valence-electron chi connectivity index (χ1n) is 11.6. The minimum atomic E-state index is -0.338. The van der Waals surface area contributed by atoms with Gasteiger partial charge in [-0.25, -0.2) is 9.37 Å². The second-order valence-electron chi connectivity index (χ2n) is 8.61. The molecule has 0 aliphatic rings. The van der Waals surface area contributed by atoms with Gasteiger partial charge in [-0.15, -0.1) is 0 Å². The first-order chi connectivity index (χ1) is 16.0. The van der Waals surface area contributed by atoms with Crippen molar-refractivity contribution in [3.05, 3.63) is 101 Å². The molecule has 1 aromatic heterocycles. The van der Waals surface area contributed by atoms with Gasteiger partial charge in [0.2, 0.25) is 0 Å². The van der Waals surface area contributed by atoms with Gasteiger partial charge >= 0.3 is 0 Å². The van der Waals surface area contributed by atoms with Gasteiger partial charge < -0.3 is 9.88 Å². The van der Waals surface area contributed by atoms with Gasteiger partial charge in [0.1, 0.15) is 11.6 Å². The molecule has 0 atom stereocenters. The fourth-order valence-electron chi connectivity index (χ4n) is 4.12. The van der Waals surface area contributed by atoms with E-state index in [2.05, 4.69) is 60.1 Å². The molecule has 0 saturated carbocycles. The predicted octanol–water partition coefficient (Wildman–Crippen LogP) is 5.98. The third-order valence-corrected chi connectivity index (χ3v) is 6.04. The minimum Gasteiger partial charge on any atom is -0.352 e. The van der Waals surface area contributed by atoms with Crippen molar-refractivity contribution in [2.45, 2.75) is 46.1 Å². The van der Waals surface area contributed by atoms with E-state index in [0.717, 1.165) is 43.6 Å². The Morgan fingerprint density at radius 1 is 0.970 bits per heavy atom. The van der Waals surface area contributed by atoms with Crippen molar-refractivity contribution in [1.82, 2.24) is 14.9 Å². The van der Waals surface area contributed by atoms with Gasteiger partial charge in [-0.1, -0.05) is 42.3 Å². The maximum atomic E-state index is 13.0. The molecular formula is C28H30FN3O. The number of benzene rings is 3. The van der Waals surface area contributed by atoms with Crippen molar-refractivity contribution in [3.8, 4) is 0 Å². The van der Waals surface area contributed by atoms with E-state index in [-0.39, 0.29) is 11.7 Å². The highest BCUT2D eigenvalue weighted by molar-refractivity contribution is 5.94. The lowest BCUT2D eigenvalue weighted by molar-refractivity contribution is 0.0953. The van der Waals surface area contributed by atoms with Gasteiger partial charge in [0, 0.05) is 25.1 Å². The molecule has 0 unspecified atom stereocenters. The average Bonchev–Trinajstić information content (AvgIpc) is 3.16. The largest absolute Gasteiger partial charge is 0.352 e. The second kappa shape index (κ2) is 10.4. The standard InChI is InChI=1S/C28H30FN3O/c1-20-11-12-21(2)23(18-20)19-32-26-9-6-5-8-25(26)31-27(32)10-4-3-7-17-30-28(33)22-13-15-24(29)16-14-22/h5-6,8-9,11-16,18H,3-4,7,10,17,19H2,1-2H3,(H,30,33). The molecule has 170 valence electrons. The maximum absolute atomic E-state index is 13.0. The van der Waals surface area contributed by atoms with Gasteiger partial charge in [0.25, 0.3) is 5.91 Å². The zero-order valence-electron chi connectivity index (χ0n) is 19.3. The zero-order chi connectivity index (χ0) is 23.2. The van der Waals surface area contributed by atoms with E-state index < -0.39 is 0 Å². The topological polar surface area (TPSA) is 46.9 Å². The summed E-state index contributed by atoms with van der Waals surface area (Å²) in [5.41, 5.74) is 6.56. The van der Waals surface area contributed by atoms with Crippen LogP contribution < -0.4 is 5.32 Å². The van der Waals surface area contributed by atoms with E-state index in [4.69, 9.17) is 4.98 Å². The number of rotatable bonds is 9. The van der Waals surface area contributed by atoms with Gasteiger partial charge in [-0.3, -0.25) is 4.79 Å². The number of nitrogens with one attached hydrogen (secondary N) is 1. The van der Waals surface area contributed by atoms with Gasteiger partial charge in [-0.2, -0.15) is 0 Å². The van der Waals surface area contributed by atoms with Crippen molar-refractivity contribution >= 4 is 16.9 Å². The number of nitrogens with zero attached hydrogens (tertiary/aromatic N) is 2. The smallest absolute Gasteiger partial charge is 0.251 e. The average molecular weight is 444 g/mol. The third-order valence-electron chi connectivity index (χ3n) is 6.04. The predicted molar refractivity (Wildman–Crippen MR) is 131 cm³/mol. The van der Waals surface area contributed by atoms with Crippen LogP contribution in [0.1, 0.15) is 52.1 Å². The van der Waals surface area contributed by atoms with Crippen molar-refractivity contribution in [2.24, 2.45) is 0 Å². The first kappa shape index (κ1) is 22.7. The first-order valence-corrected chi connectivity index (χ1v) is 11.6. The van der Waals surface area contributed by atoms with E-state index >= 15 is 0 Å². The highest BCUT2D eigenvalue weighted by Crippen LogP contribution is 2.21. The number of carbonyl (C=O) groups is 1. The molecule has 0 spiro atoms. The molecule has 1 amide bonds. The Morgan fingerprint density at radius 3 is 2.58 bits per heavy atom. The third kappa shape index (κ3) is 5.67. The van der Waals surface area contributed by atoms with E-state index in [1.54, 1.807) is 0 Å². The maximum Gasteiger partial charge on any atom is 0.251 e. The second-order valence-corrected chi connectivity index (χ2v) is 8.61. The minimum absolute atomic E-state index is 0.162. The zero-order valence-corrected chi connectivity index (χ0v) is 19.3. The lowest BCUT2D eigenvalue weighted by Gasteiger charge is -2.12. The monoisotopic (exact) mass is 443 g/mol. The van der Waals surface area contributed by atoms with Crippen molar-refractivity contribution in [2.75, 3.05) is 6.54 Å².